The lowest BCUT2D eigenvalue weighted by Gasteiger charge is -2.33. The van der Waals surface area contributed by atoms with Gasteiger partial charge in [-0.1, -0.05) is 0 Å². The number of imidazole rings is 1. The number of hydrogen-bond donors (Lipinski definition) is 2. The van der Waals surface area contributed by atoms with E-state index < -0.39 is 67.6 Å². The molecule has 5 rings (SSSR count). The molecule has 0 bridgehead atoms. The fraction of sp³-hybridized carbons (Fsp3) is 0.630. The second kappa shape index (κ2) is 12.7. The summed E-state index contributed by atoms with van der Waals surface area (Å²) in [4.78, 5) is 34.0. The molecule has 10 nitrogen and oxygen atoms in total. The zero-order valence-electron chi connectivity index (χ0n) is 23.4. The van der Waals surface area contributed by atoms with E-state index >= 15 is 0 Å². The quantitative estimate of drug-likeness (QED) is 0.266. The highest BCUT2D eigenvalue weighted by Crippen LogP contribution is 2.43. The van der Waals surface area contributed by atoms with Crippen molar-refractivity contribution in [2.45, 2.75) is 94.9 Å². The van der Waals surface area contributed by atoms with Crippen LogP contribution in [0.1, 0.15) is 91.7 Å². The van der Waals surface area contributed by atoms with E-state index in [1.54, 1.807) is 6.07 Å². The van der Waals surface area contributed by atoms with Gasteiger partial charge in [-0.3, -0.25) is 9.59 Å². The number of nitrogens with zero attached hydrogens (tertiary/aromatic N) is 6. The Morgan fingerprint density at radius 3 is 2.39 bits per heavy atom. The zero-order chi connectivity index (χ0) is 31.6. The van der Waals surface area contributed by atoms with E-state index in [0.717, 1.165) is 23.9 Å². The Bertz CT molecular complexity index is 1460. The van der Waals surface area contributed by atoms with E-state index in [1.807, 2.05) is 0 Å². The Labute approximate surface area is 246 Å². The zero-order valence-corrected chi connectivity index (χ0v) is 23.4. The SMILES string of the molecule is O=C(CCC(F)(F)F)NC(c1cnn2cc([C@@H](NC(=O)c3ncnn3CCC(F)F)C3CCC(F)(F)CC3)nc2c1)C1CC1. The maximum Gasteiger partial charge on any atom is 0.389 e. The minimum atomic E-state index is -4.46. The Morgan fingerprint density at radius 1 is 1.02 bits per heavy atom. The Balaban J connectivity index is 1.39. The van der Waals surface area contributed by atoms with Crippen LogP contribution < -0.4 is 10.6 Å². The monoisotopic (exact) mass is 632 g/mol. The van der Waals surface area contributed by atoms with Crippen LogP contribution in [0.25, 0.3) is 5.65 Å². The first-order chi connectivity index (χ1) is 20.8. The highest BCUT2D eigenvalue weighted by atomic mass is 19.4. The minimum absolute atomic E-state index is 0.0295. The molecule has 2 atom stereocenters. The van der Waals surface area contributed by atoms with Crippen molar-refractivity contribution in [2.24, 2.45) is 11.8 Å². The van der Waals surface area contributed by atoms with Crippen LogP contribution in [0.2, 0.25) is 0 Å². The molecule has 44 heavy (non-hydrogen) atoms. The average molecular weight is 633 g/mol. The minimum Gasteiger partial charge on any atom is -0.349 e. The lowest BCUT2D eigenvalue weighted by Crippen LogP contribution is -2.38. The first-order valence-corrected chi connectivity index (χ1v) is 14.3. The van der Waals surface area contributed by atoms with Crippen LogP contribution in [0.3, 0.4) is 0 Å². The third kappa shape index (κ3) is 8.02. The summed E-state index contributed by atoms with van der Waals surface area (Å²) in [5, 5.41) is 13.7. The van der Waals surface area contributed by atoms with E-state index in [2.05, 4.69) is 30.8 Å². The molecule has 0 aromatic carbocycles. The third-order valence-corrected chi connectivity index (χ3v) is 7.98. The van der Waals surface area contributed by atoms with Gasteiger partial charge < -0.3 is 10.6 Å². The molecule has 3 aromatic rings. The Kier molecular flexibility index (Phi) is 9.11. The van der Waals surface area contributed by atoms with Crippen molar-refractivity contribution in [3.05, 3.63) is 41.9 Å². The Hall–Kier alpha value is -3.79. The summed E-state index contributed by atoms with van der Waals surface area (Å²) >= 11 is 0. The highest BCUT2D eigenvalue weighted by molar-refractivity contribution is 5.90. The molecule has 17 heteroatoms. The van der Waals surface area contributed by atoms with E-state index in [9.17, 15) is 40.3 Å². The number of nitrogens with one attached hydrogen (secondary N) is 2. The summed E-state index contributed by atoms with van der Waals surface area (Å²) in [5.74, 6) is -4.93. The molecule has 2 aliphatic rings. The molecule has 2 aliphatic carbocycles. The van der Waals surface area contributed by atoms with Gasteiger partial charge in [-0.05, 0) is 49.1 Å². The molecule has 2 fully saturated rings. The number of fused-ring (bicyclic) bond motifs is 1. The van der Waals surface area contributed by atoms with Gasteiger partial charge in [0.05, 0.1) is 36.6 Å². The molecule has 1 unspecified atom stereocenters. The van der Waals surface area contributed by atoms with Crippen molar-refractivity contribution in [3.8, 4) is 0 Å². The number of hydrogen-bond acceptors (Lipinski definition) is 6. The molecular weight excluding hydrogens is 601 g/mol. The number of carbonyl (C=O) groups is 2. The van der Waals surface area contributed by atoms with Crippen molar-refractivity contribution in [2.75, 3.05) is 0 Å². The molecule has 0 aliphatic heterocycles. The molecule has 2 amide bonds. The van der Waals surface area contributed by atoms with Gasteiger partial charge in [0.2, 0.25) is 24.1 Å². The van der Waals surface area contributed by atoms with E-state index in [-0.39, 0.29) is 44.0 Å². The molecule has 0 spiro atoms. The average Bonchev–Trinajstić information content (AvgIpc) is 3.52. The van der Waals surface area contributed by atoms with Crippen LogP contribution in [0.5, 0.6) is 0 Å². The summed E-state index contributed by atoms with van der Waals surface area (Å²) in [6, 6.07) is 0.215. The van der Waals surface area contributed by atoms with Crippen LogP contribution >= 0.6 is 0 Å². The third-order valence-electron chi connectivity index (χ3n) is 7.98. The molecule has 0 saturated heterocycles. The molecule has 0 radical (unpaired) electrons. The number of carbonyl (C=O) groups excluding carboxylic acids is 2. The molecular formula is C27H31F7N8O2. The van der Waals surface area contributed by atoms with Crippen LogP contribution in [0.15, 0.2) is 24.8 Å². The molecule has 3 heterocycles. The van der Waals surface area contributed by atoms with Crippen molar-refractivity contribution in [1.29, 1.82) is 0 Å². The van der Waals surface area contributed by atoms with Crippen LogP contribution in [-0.2, 0) is 11.3 Å². The number of aromatic nitrogens is 6. The van der Waals surface area contributed by atoms with Gasteiger partial charge in [0, 0.05) is 32.2 Å². The molecule has 240 valence electrons. The van der Waals surface area contributed by atoms with Gasteiger partial charge in [0.15, 0.2) is 5.65 Å². The first-order valence-electron chi connectivity index (χ1n) is 14.3. The lowest BCUT2D eigenvalue weighted by atomic mass is 9.81. The molecule has 2 saturated carbocycles. The van der Waals surface area contributed by atoms with Gasteiger partial charge in [-0.2, -0.15) is 23.4 Å². The van der Waals surface area contributed by atoms with Gasteiger partial charge in [0.25, 0.3) is 5.91 Å². The van der Waals surface area contributed by atoms with Crippen molar-refractivity contribution in [3.63, 3.8) is 0 Å². The topological polar surface area (TPSA) is 119 Å². The smallest absolute Gasteiger partial charge is 0.349 e. The Morgan fingerprint density at radius 2 is 1.73 bits per heavy atom. The number of halogens is 7. The predicted molar refractivity (Wildman–Crippen MR) is 140 cm³/mol. The molecule has 2 N–H and O–H groups in total. The van der Waals surface area contributed by atoms with Crippen molar-refractivity contribution < 1.29 is 40.3 Å². The summed E-state index contributed by atoms with van der Waals surface area (Å²) < 4.78 is 93.8. The van der Waals surface area contributed by atoms with Crippen LogP contribution in [0, 0.1) is 11.8 Å². The maximum absolute atomic E-state index is 14.0. The molecule has 3 aromatic heterocycles. The largest absolute Gasteiger partial charge is 0.389 e. The number of rotatable bonds is 12. The van der Waals surface area contributed by atoms with Crippen LogP contribution in [-0.4, -0.2) is 59.7 Å². The summed E-state index contributed by atoms with van der Waals surface area (Å²) in [6.45, 7) is -0.253. The summed E-state index contributed by atoms with van der Waals surface area (Å²) in [7, 11) is 0. The number of amides is 2. The first kappa shape index (κ1) is 31.6. The van der Waals surface area contributed by atoms with E-state index in [1.165, 1.54) is 16.9 Å². The van der Waals surface area contributed by atoms with Gasteiger partial charge in [0.1, 0.15) is 6.33 Å². The number of aryl methyl sites for hydroxylation is 1. The normalized spacial score (nSPS) is 18.8. The fourth-order valence-electron chi connectivity index (χ4n) is 5.49. The van der Waals surface area contributed by atoms with Crippen LogP contribution in [0.4, 0.5) is 30.7 Å². The highest BCUT2D eigenvalue weighted by Gasteiger charge is 2.40. The second-order valence-electron chi connectivity index (χ2n) is 11.4. The number of alkyl halides is 7. The van der Waals surface area contributed by atoms with Gasteiger partial charge in [-0.25, -0.2) is 36.7 Å². The van der Waals surface area contributed by atoms with Crippen molar-refractivity contribution in [1.82, 2.24) is 40.0 Å². The summed E-state index contributed by atoms with van der Waals surface area (Å²) in [6.07, 6.45) is -4.55. The maximum atomic E-state index is 14.0. The second-order valence-corrected chi connectivity index (χ2v) is 11.4. The van der Waals surface area contributed by atoms with E-state index in [4.69, 9.17) is 0 Å². The standard InChI is InChI=1S/C27H31F7N8O2/c28-19(29)6-10-41-24(35-14-37-41)25(44)40-23(16-3-7-26(30,31)8-4-16)18-13-42-20(38-18)11-17(12-36-42)22(15-1-2-15)39-21(43)5-9-27(32,33)34/h11-16,19,22-23H,1-10H2,(H,39,43)(H,40,44)/t22?,23-/m0/s1. The van der Waals surface area contributed by atoms with E-state index in [0.29, 0.717) is 16.9 Å². The predicted octanol–water partition coefficient (Wildman–Crippen LogP) is 5.18. The van der Waals surface area contributed by atoms with Gasteiger partial charge in [-0.15, -0.1) is 0 Å². The summed E-state index contributed by atoms with van der Waals surface area (Å²) in [5.41, 5.74) is 1.17. The van der Waals surface area contributed by atoms with Gasteiger partial charge >= 0.3 is 6.18 Å². The fourth-order valence-corrected chi connectivity index (χ4v) is 5.49. The van der Waals surface area contributed by atoms with Crippen molar-refractivity contribution >= 4 is 17.5 Å². The lowest BCUT2D eigenvalue weighted by molar-refractivity contribution is -0.144.